The molecule has 0 saturated heterocycles. The fourth-order valence-corrected chi connectivity index (χ4v) is 3.24. The summed E-state index contributed by atoms with van der Waals surface area (Å²) in [6.07, 6.45) is 6.63. The van der Waals surface area contributed by atoms with Crippen LogP contribution in [0.25, 0.3) is 0 Å². The lowest BCUT2D eigenvalue weighted by molar-refractivity contribution is -0.145. The molecule has 4 heteroatoms. The number of hydrogen-bond acceptors (Lipinski definition) is 4. The van der Waals surface area contributed by atoms with Gasteiger partial charge in [-0.05, 0) is 49.8 Å². The molecule has 1 atom stereocenters. The summed E-state index contributed by atoms with van der Waals surface area (Å²) in [5.74, 6) is 1.10. The molecule has 1 fully saturated rings. The Bertz CT molecular complexity index is 536. The lowest BCUT2D eigenvalue weighted by Crippen LogP contribution is -2.22. The highest BCUT2D eigenvalue weighted by Gasteiger charge is 2.20. The summed E-state index contributed by atoms with van der Waals surface area (Å²) in [5.41, 5.74) is 9.49. The van der Waals surface area contributed by atoms with E-state index in [9.17, 15) is 4.79 Å². The molecule has 0 bridgehead atoms. The maximum Gasteiger partial charge on any atom is 0.305 e. The average molecular weight is 319 g/mol. The molecule has 0 heterocycles. The Morgan fingerprint density at radius 3 is 2.65 bits per heavy atom. The highest BCUT2D eigenvalue weighted by Crippen LogP contribution is 2.38. The van der Waals surface area contributed by atoms with Gasteiger partial charge in [0.05, 0.1) is 5.69 Å². The van der Waals surface area contributed by atoms with Gasteiger partial charge in [0.2, 0.25) is 0 Å². The molecule has 1 aromatic carbocycles. The molecule has 1 aliphatic carbocycles. The Morgan fingerprint density at radius 2 is 2.00 bits per heavy atom. The zero-order valence-electron chi connectivity index (χ0n) is 14.6. The molecule has 0 amide bonds. The zero-order valence-corrected chi connectivity index (χ0v) is 14.6. The molecule has 2 N–H and O–H groups in total. The van der Waals surface area contributed by atoms with Crippen LogP contribution in [0, 0.1) is 6.92 Å². The van der Waals surface area contributed by atoms with E-state index in [0.29, 0.717) is 23.8 Å². The number of nitrogens with two attached hydrogens (primary N) is 1. The molecular formula is C19H29NO3. The Kier molecular flexibility index (Phi) is 6.31. The first-order valence-electron chi connectivity index (χ1n) is 8.74. The molecule has 0 spiro atoms. The van der Waals surface area contributed by atoms with Gasteiger partial charge in [-0.3, -0.25) is 4.79 Å². The van der Waals surface area contributed by atoms with E-state index in [1.165, 1.54) is 37.7 Å². The largest absolute Gasteiger partial charge is 0.485 e. The van der Waals surface area contributed by atoms with Crippen molar-refractivity contribution in [1.82, 2.24) is 0 Å². The van der Waals surface area contributed by atoms with Crippen LogP contribution in [0.3, 0.4) is 0 Å². The van der Waals surface area contributed by atoms with Gasteiger partial charge in [0, 0.05) is 6.42 Å². The van der Waals surface area contributed by atoms with Crippen molar-refractivity contribution in [3.8, 4) is 5.75 Å². The van der Waals surface area contributed by atoms with Crippen molar-refractivity contribution in [3.05, 3.63) is 23.3 Å². The second kappa shape index (κ2) is 8.23. The number of esters is 1. The molecule has 128 valence electrons. The minimum Gasteiger partial charge on any atom is -0.485 e. The molecule has 4 nitrogen and oxygen atoms in total. The topological polar surface area (TPSA) is 61.5 Å². The summed E-state index contributed by atoms with van der Waals surface area (Å²) < 4.78 is 11.0. The predicted octanol–water partition coefficient (Wildman–Crippen LogP) is 4.35. The third-order valence-electron chi connectivity index (χ3n) is 4.66. The normalized spacial score (nSPS) is 16.8. The van der Waals surface area contributed by atoms with E-state index < -0.39 is 0 Å². The highest BCUT2D eigenvalue weighted by molar-refractivity contribution is 5.68. The van der Waals surface area contributed by atoms with Crippen molar-refractivity contribution >= 4 is 11.7 Å². The third-order valence-corrected chi connectivity index (χ3v) is 4.66. The van der Waals surface area contributed by atoms with E-state index in [0.717, 1.165) is 5.56 Å². The average Bonchev–Trinajstić information content (AvgIpc) is 2.57. The van der Waals surface area contributed by atoms with Crippen molar-refractivity contribution in [1.29, 1.82) is 0 Å². The molecule has 0 radical (unpaired) electrons. The number of nitrogen functional groups attached to an aromatic ring is 1. The van der Waals surface area contributed by atoms with Crippen LogP contribution in [0.2, 0.25) is 0 Å². The monoisotopic (exact) mass is 319 g/mol. The van der Waals surface area contributed by atoms with Crippen LogP contribution in [0.5, 0.6) is 5.75 Å². The Labute approximate surface area is 139 Å². The Balaban J connectivity index is 2.03. The van der Waals surface area contributed by atoms with Crippen LogP contribution in [0.1, 0.15) is 69.4 Å². The van der Waals surface area contributed by atoms with Crippen molar-refractivity contribution in [2.45, 2.75) is 71.3 Å². The van der Waals surface area contributed by atoms with Crippen molar-refractivity contribution in [2.75, 3.05) is 12.3 Å². The van der Waals surface area contributed by atoms with Gasteiger partial charge in [0.15, 0.2) is 0 Å². The van der Waals surface area contributed by atoms with Crippen LogP contribution in [0.4, 0.5) is 5.69 Å². The highest BCUT2D eigenvalue weighted by atomic mass is 16.6. The molecule has 23 heavy (non-hydrogen) atoms. The molecule has 1 saturated carbocycles. The summed E-state index contributed by atoms with van der Waals surface area (Å²) in [5, 5.41) is 0. The Hall–Kier alpha value is -1.71. The van der Waals surface area contributed by atoms with E-state index >= 15 is 0 Å². The summed E-state index contributed by atoms with van der Waals surface area (Å²) >= 11 is 0. The van der Waals surface area contributed by atoms with E-state index in [-0.39, 0.29) is 18.7 Å². The lowest BCUT2D eigenvalue weighted by atomic mass is 9.82. The van der Waals surface area contributed by atoms with Crippen LogP contribution < -0.4 is 10.5 Å². The number of carbonyl (C=O) groups excluding carboxylic acids is 1. The van der Waals surface area contributed by atoms with Crippen LogP contribution in [-0.2, 0) is 9.53 Å². The van der Waals surface area contributed by atoms with Crippen molar-refractivity contribution < 1.29 is 14.3 Å². The summed E-state index contributed by atoms with van der Waals surface area (Å²) in [4.78, 5) is 11.2. The van der Waals surface area contributed by atoms with E-state index in [4.69, 9.17) is 15.2 Å². The number of anilines is 1. The first-order valence-corrected chi connectivity index (χ1v) is 8.74. The maximum atomic E-state index is 11.2. The fourth-order valence-electron chi connectivity index (χ4n) is 3.24. The molecule has 0 aromatic heterocycles. The minimum absolute atomic E-state index is 0.211. The standard InChI is InChI=1S/C19H29NO3/c1-4-18(21)22-12-13(2)23-17-11-10-16(14(3)19(17)20)15-8-6-5-7-9-15/h10-11,13,15H,4-9,12,20H2,1-3H3. The molecule has 1 unspecified atom stereocenters. The number of hydrogen-bond donors (Lipinski definition) is 1. The summed E-state index contributed by atoms with van der Waals surface area (Å²) in [6, 6.07) is 4.12. The quantitative estimate of drug-likeness (QED) is 0.625. The second-order valence-corrected chi connectivity index (χ2v) is 6.49. The maximum absolute atomic E-state index is 11.2. The first-order chi connectivity index (χ1) is 11.0. The van der Waals surface area contributed by atoms with Crippen LogP contribution >= 0.6 is 0 Å². The summed E-state index contributed by atoms with van der Waals surface area (Å²) in [7, 11) is 0. The Morgan fingerprint density at radius 1 is 1.30 bits per heavy atom. The molecule has 1 aliphatic rings. The molecule has 2 rings (SSSR count). The zero-order chi connectivity index (χ0) is 16.8. The van der Waals surface area contributed by atoms with E-state index in [1.807, 2.05) is 13.0 Å². The summed E-state index contributed by atoms with van der Waals surface area (Å²) in [6.45, 7) is 5.98. The number of benzene rings is 1. The predicted molar refractivity (Wildman–Crippen MR) is 92.8 cm³/mol. The van der Waals surface area contributed by atoms with E-state index in [1.54, 1.807) is 6.92 Å². The van der Waals surface area contributed by atoms with Gasteiger partial charge in [-0.2, -0.15) is 0 Å². The van der Waals surface area contributed by atoms with Gasteiger partial charge in [-0.25, -0.2) is 0 Å². The molecule has 1 aromatic rings. The van der Waals surface area contributed by atoms with Crippen molar-refractivity contribution in [3.63, 3.8) is 0 Å². The van der Waals surface area contributed by atoms with Gasteiger partial charge in [-0.1, -0.05) is 32.3 Å². The van der Waals surface area contributed by atoms with E-state index in [2.05, 4.69) is 13.0 Å². The third kappa shape index (κ3) is 4.63. The molecular weight excluding hydrogens is 290 g/mol. The molecule has 0 aliphatic heterocycles. The first kappa shape index (κ1) is 17.6. The number of carbonyl (C=O) groups is 1. The van der Waals surface area contributed by atoms with Gasteiger partial charge in [0.25, 0.3) is 0 Å². The SMILES string of the molecule is CCC(=O)OCC(C)Oc1ccc(C2CCCCC2)c(C)c1N. The lowest BCUT2D eigenvalue weighted by Gasteiger charge is -2.25. The van der Waals surface area contributed by atoms with Gasteiger partial charge in [-0.15, -0.1) is 0 Å². The van der Waals surface area contributed by atoms with Crippen molar-refractivity contribution in [2.24, 2.45) is 0 Å². The van der Waals surface area contributed by atoms with Gasteiger partial charge >= 0.3 is 5.97 Å². The fraction of sp³-hybridized carbons (Fsp3) is 0.632. The number of ether oxygens (including phenoxy) is 2. The number of rotatable bonds is 6. The van der Waals surface area contributed by atoms with Gasteiger partial charge < -0.3 is 15.2 Å². The minimum atomic E-state index is -0.215. The second-order valence-electron chi connectivity index (χ2n) is 6.49. The smallest absolute Gasteiger partial charge is 0.305 e. The van der Waals surface area contributed by atoms with Gasteiger partial charge in [0.1, 0.15) is 18.5 Å². The van der Waals surface area contributed by atoms with Crippen LogP contribution in [0.15, 0.2) is 12.1 Å². The van der Waals surface area contributed by atoms with Crippen LogP contribution in [-0.4, -0.2) is 18.7 Å².